The van der Waals surface area contributed by atoms with Gasteiger partial charge in [0.2, 0.25) is 0 Å². The van der Waals surface area contributed by atoms with Crippen LogP contribution >= 0.6 is 8.58 Å². The Labute approximate surface area is 229 Å². The van der Waals surface area contributed by atoms with Crippen LogP contribution < -0.4 is 14.9 Å². The zero-order chi connectivity index (χ0) is 27.0. The van der Waals surface area contributed by atoms with Gasteiger partial charge in [0.1, 0.15) is 5.75 Å². The van der Waals surface area contributed by atoms with E-state index in [-0.39, 0.29) is 17.1 Å². The van der Waals surface area contributed by atoms with Crippen molar-refractivity contribution in [1.29, 1.82) is 0 Å². The maximum atomic E-state index is 7.75. The van der Waals surface area contributed by atoms with Gasteiger partial charge < -0.3 is 29.3 Å². The Kier molecular flexibility index (Phi) is 20.0. The molecule has 0 N–H and O–H groups in total. The second kappa shape index (κ2) is 20.0. The first-order valence-electron chi connectivity index (χ1n) is 11.3. The molecule has 1 aliphatic carbocycles. The number of aryl methyl sites for hydroxylation is 2. The molecule has 36 heavy (non-hydrogen) atoms. The average Bonchev–Trinajstić information content (AvgIpc) is 3.34. The van der Waals surface area contributed by atoms with Crippen molar-refractivity contribution in [1.82, 2.24) is 4.98 Å². The average molecular weight is 555 g/mol. The van der Waals surface area contributed by atoms with Gasteiger partial charge in [0.25, 0.3) is 0 Å². The van der Waals surface area contributed by atoms with Crippen LogP contribution in [0.15, 0.2) is 30.5 Å². The predicted molar refractivity (Wildman–Crippen MR) is 147 cm³/mol. The molecule has 1 radical (unpaired) electrons. The third-order valence-corrected chi connectivity index (χ3v) is 7.77. The molecule has 1 saturated carbocycles. The molecular weight excluding hydrogens is 516 g/mol. The molecule has 3 rings (SSSR count). The molecule has 0 aliphatic heterocycles. The number of anilines is 1. The smallest absolute Gasteiger partial charge is 0.124 e. The van der Waals surface area contributed by atoms with E-state index in [1.165, 1.54) is 41.4 Å². The van der Waals surface area contributed by atoms with Crippen LogP contribution in [0, 0.1) is 19.8 Å². The van der Waals surface area contributed by atoms with E-state index in [4.69, 9.17) is 24.4 Å². The van der Waals surface area contributed by atoms with E-state index in [9.17, 15) is 0 Å². The number of pyridine rings is 1. The number of carbonyl (C=O) groups excluding carboxylic acids is 3. The zero-order valence-electron chi connectivity index (χ0n) is 22.0. The van der Waals surface area contributed by atoms with Crippen molar-refractivity contribution in [2.45, 2.75) is 58.3 Å². The first kappa shape index (κ1) is 36.0. The summed E-state index contributed by atoms with van der Waals surface area (Å²) in [6, 6.07) is 9.20. The van der Waals surface area contributed by atoms with Crippen LogP contribution in [0.1, 0.15) is 43.0 Å². The third kappa shape index (κ3) is 10.9. The number of rotatable bonds is 8. The Morgan fingerprint density at radius 1 is 1.08 bits per heavy atom. The second-order valence-electron chi connectivity index (χ2n) is 8.47. The molecule has 9 heteroatoms. The van der Waals surface area contributed by atoms with Crippen LogP contribution in [-0.4, -0.2) is 58.3 Å². The van der Waals surface area contributed by atoms with Gasteiger partial charge in [-0.25, -0.2) is 0 Å². The molecule has 1 aliphatic rings. The molecule has 0 amide bonds. The number of hydrogen-bond acceptors (Lipinski definition) is 6. The summed E-state index contributed by atoms with van der Waals surface area (Å²) in [5, 5.41) is 6.50. The molecule has 3 unspecified atom stereocenters. The molecule has 0 bridgehead atoms. The van der Waals surface area contributed by atoms with Crippen LogP contribution in [-0.2, 0) is 38.0 Å². The first-order valence-corrected chi connectivity index (χ1v) is 12.4. The van der Waals surface area contributed by atoms with Crippen molar-refractivity contribution in [2.24, 2.45) is 5.92 Å². The fraction of sp³-hybridized carbons (Fsp3) is 0.481. The molecule has 2 aromatic rings. The van der Waals surface area contributed by atoms with Gasteiger partial charge in [-0.3, -0.25) is 25.4 Å². The second-order valence-corrected chi connectivity index (χ2v) is 10.1. The molecule has 0 spiro atoms. The largest absolute Gasteiger partial charge is 0.654 e. The maximum absolute atomic E-state index is 7.75. The third-order valence-electron chi connectivity index (χ3n) is 6.06. The van der Waals surface area contributed by atoms with Crippen LogP contribution in [0.4, 0.5) is 5.69 Å². The van der Waals surface area contributed by atoms with E-state index in [1.54, 1.807) is 7.11 Å². The van der Waals surface area contributed by atoms with E-state index >= 15 is 0 Å². The van der Waals surface area contributed by atoms with Gasteiger partial charge in [-0.2, -0.15) is 0 Å². The number of nitrogens with zero attached hydrogens (tertiary/aromatic N) is 3. The van der Waals surface area contributed by atoms with Gasteiger partial charge in [0, 0.05) is 48.7 Å². The maximum Gasteiger partial charge on any atom is 0.124 e. The normalized spacial score (nSPS) is 16.7. The van der Waals surface area contributed by atoms with Crippen molar-refractivity contribution < 1.29 is 36.2 Å². The summed E-state index contributed by atoms with van der Waals surface area (Å²) >= 11 is 0. The minimum atomic E-state index is 0. The Hall–Kier alpha value is -2.11. The Balaban J connectivity index is 0. The minimum absolute atomic E-state index is 0. The summed E-state index contributed by atoms with van der Waals surface area (Å²) in [6.45, 7) is 17.1. The Morgan fingerprint density at radius 3 is 2.19 bits per heavy atom. The molecular formula is C27H38MnN3O4P-4. The van der Waals surface area contributed by atoms with Crippen molar-refractivity contribution in [3.8, 4) is 5.75 Å². The predicted octanol–water partition coefficient (Wildman–Crippen LogP) is 4.38. The molecule has 4 atom stereocenters. The standard InChI is InChI=1S/C24H35N3OP.3CHO.Mn/c1-16-12-21(13-17(2)24(16)28-6)29-23-9-7-8-22(23)18(3)26-15-19-14-20(27(4)5)10-11-25-19;3*1-2;/h10-14,18,22-23,29H,7-9,15H2,1-6H3;3*1H;/q4*-1;/t18-,22?,23?;;;;/m1..../s1. The fourth-order valence-corrected chi connectivity index (χ4v) is 6.55. The monoisotopic (exact) mass is 554 g/mol. The summed E-state index contributed by atoms with van der Waals surface area (Å²) < 4.78 is 5.54. The van der Waals surface area contributed by atoms with Gasteiger partial charge in [-0.05, 0) is 66.6 Å². The number of hydrogen-bond donors (Lipinski definition) is 0. The Bertz CT molecular complexity index is 860. The van der Waals surface area contributed by atoms with Crippen LogP contribution in [0.5, 0.6) is 5.75 Å². The molecule has 1 fully saturated rings. The van der Waals surface area contributed by atoms with Gasteiger partial charge in [0.05, 0.1) is 7.11 Å². The van der Waals surface area contributed by atoms with Gasteiger partial charge in [-0.15, -0.1) is 12.6 Å². The minimum Gasteiger partial charge on any atom is -0.654 e. The number of methoxy groups -OCH3 is 1. The molecule has 201 valence electrons. The van der Waals surface area contributed by atoms with Gasteiger partial charge in [0.15, 0.2) is 0 Å². The molecule has 1 aromatic heterocycles. The molecule has 1 aromatic carbocycles. The zero-order valence-corrected chi connectivity index (χ0v) is 24.2. The van der Waals surface area contributed by atoms with Gasteiger partial charge >= 0.3 is 0 Å². The quantitative estimate of drug-likeness (QED) is 0.208. The molecule has 1 heterocycles. The number of aromatic nitrogens is 1. The molecule has 0 saturated heterocycles. The number of benzene rings is 1. The molecule has 7 nitrogen and oxygen atoms in total. The van der Waals surface area contributed by atoms with Crippen LogP contribution in [0.3, 0.4) is 0 Å². The summed E-state index contributed by atoms with van der Waals surface area (Å²) in [7, 11) is 6.73. The van der Waals surface area contributed by atoms with Crippen molar-refractivity contribution in [3.05, 3.63) is 52.6 Å². The SMILES string of the molecule is COc1c(C)cc(PC2CCCC2[C@@H](C)[N-]Cc2cc(N(C)C)ccn2)cc1C.[CH-]=O.[CH-]=O.[CH-]=O.[Mn]. The number of ether oxygens (including phenoxy) is 1. The van der Waals surface area contributed by atoms with Crippen molar-refractivity contribution in [3.63, 3.8) is 0 Å². The van der Waals surface area contributed by atoms with Crippen molar-refractivity contribution in [2.75, 3.05) is 26.1 Å². The van der Waals surface area contributed by atoms with Crippen LogP contribution in [0.25, 0.3) is 5.32 Å². The van der Waals surface area contributed by atoms with E-state index in [2.05, 4.69) is 83.3 Å². The van der Waals surface area contributed by atoms with E-state index < -0.39 is 0 Å². The van der Waals surface area contributed by atoms with E-state index in [1.807, 2.05) is 12.3 Å². The van der Waals surface area contributed by atoms with E-state index in [0.717, 1.165) is 25.7 Å². The Morgan fingerprint density at radius 2 is 1.67 bits per heavy atom. The van der Waals surface area contributed by atoms with Crippen molar-refractivity contribution >= 4 is 39.9 Å². The topological polar surface area (TPSA) is 90.7 Å². The first-order chi connectivity index (χ1) is 16.9. The van der Waals surface area contributed by atoms with Gasteiger partial charge in [-0.1, -0.05) is 34.3 Å². The summed E-state index contributed by atoms with van der Waals surface area (Å²) in [4.78, 5) is 29.9. The summed E-state index contributed by atoms with van der Waals surface area (Å²) in [5.74, 6) is 1.70. The van der Waals surface area contributed by atoms with Crippen LogP contribution in [0.2, 0.25) is 0 Å². The fourth-order valence-electron chi connectivity index (χ4n) is 4.52. The summed E-state index contributed by atoms with van der Waals surface area (Å²) in [6.07, 6.45) is 5.83. The van der Waals surface area contributed by atoms with E-state index in [0.29, 0.717) is 18.5 Å². The summed E-state index contributed by atoms with van der Waals surface area (Å²) in [5.41, 5.74) is 5.47.